The predicted molar refractivity (Wildman–Crippen MR) is 414 cm³/mol. The van der Waals surface area contributed by atoms with E-state index in [1.807, 2.05) is 0 Å². The van der Waals surface area contributed by atoms with Crippen molar-refractivity contribution >= 4 is 39.5 Å². The molecular formula is C82H160O17P2. The first-order valence-electron chi connectivity index (χ1n) is 42.4. The lowest BCUT2D eigenvalue weighted by atomic mass is 9.99. The maximum absolute atomic E-state index is 13.1. The molecule has 0 amide bonds. The molecule has 0 aliphatic carbocycles. The van der Waals surface area contributed by atoms with E-state index in [2.05, 4.69) is 48.5 Å². The number of aliphatic hydroxyl groups is 1. The predicted octanol–water partition coefficient (Wildman–Crippen LogP) is 24.5. The van der Waals surface area contributed by atoms with Gasteiger partial charge in [-0.25, -0.2) is 9.13 Å². The van der Waals surface area contributed by atoms with Gasteiger partial charge in [-0.2, -0.15) is 0 Å². The molecule has 0 bridgehead atoms. The number of carbonyl (C=O) groups is 4. The zero-order chi connectivity index (χ0) is 74.4. The van der Waals surface area contributed by atoms with Crippen LogP contribution in [0.1, 0.15) is 427 Å². The summed E-state index contributed by atoms with van der Waals surface area (Å²) in [5.41, 5.74) is 0. The van der Waals surface area contributed by atoms with E-state index in [0.717, 1.165) is 108 Å². The summed E-state index contributed by atoms with van der Waals surface area (Å²) in [5.74, 6) is 0.289. The van der Waals surface area contributed by atoms with Crippen molar-refractivity contribution in [1.82, 2.24) is 0 Å². The first kappa shape index (κ1) is 99.1. The smallest absolute Gasteiger partial charge is 0.462 e. The van der Waals surface area contributed by atoms with Crippen LogP contribution in [0.5, 0.6) is 0 Å². The first-order valence-corrected chi connectivity index (χ1v) is 45.4. The Morgan fingerprint density at radius 2 is 0.505 bits per heavy atom. The van der Waals surface area contributed by atoms with Crippen LogP contribution >= 0.6 is 15.6 Å². The lowest BCUT2D eigenvalue weighted by molar-refractivity contribution is -0.161. The second kappa shape index (κ2) is 72.3. The standard InChI is InChI=1S/C82H160O17P2/c1-8-10-11-12-13-14-15-16-22-28-37-44-51-58-65-81(86)99-78(70-93-80(85)64-57-50-43-36-31-30-33-40-47-54-61-74(5)6)72-97-101(90,91)95-68-76(83)67-94-100(88,89)96-71-77(69-92-79(84)63-56-49-42-35-27-24-19-20-25-32-39-46-53-60-73(3)4)98-82(87)66-59-52-45-38-29-23-18-17-21-26-34-41-48-55-62-75(7)9-2/h73-78,83H,8-72H2,1-7H3,(H,88,89)(H,90,91)/t75?,76-,77-,78-/m1/s1. The van der Waals surface area contributed by atoms with Crippen molar-refractivity contribution in [1.29, 1.82) is 0 Å². The second-order valence-electron chi connectivity index (χ2n) is 30.7. The molecule has 0 fully saturated rings. The van der Waals surface area contributed by atoms with Crippen LogP contribution in [0.3, 0.4) is 0 Å². The van der Waals surface area contributed by atoms with Crippen LogP contribution in [0, 0.1) is 17.8 Å². The Balaban J connectivity index is 5.27. The van der Waals surface area contributed by atoms with Gasteiger partial charge in [0.2, 0.25) is 0 Å². The molecule has 0 aliphatic rings. The number of esters is 4. The van der Waals surface area contributed by atoms with Gasteiger partial charge in [0.1, 0.15) is 19.3 Å². The van der Waals surface area contributed by atoms with E-state index in [0.29, 0.717) is 25.7 Å². The van der Waals surface area contributed by atoms with Gasteiger partial charge >= 0.3 is 39.5 Å². The molecule has 3 unspecified atom stereocenters. The van der Waals surface area contributed by atoms with Crippen molar-refractivity contribution in [2.24, 2.45) is 17.8 Å². The summed E-state index contributed by atoms with van der Waals surface area (Å²) in [6.45, 7) is 12.0. The zero-order valence-corrected chi connectivity index (χ0v) is 68.2. The molecule has 17 nitrogen and oxygen atoms in total. The molecule has 0 aromatic heterocycles. The fourth-order valence-corrected chi connectivity index (χ4v) is 14.2. The van der Waals surface area contributed by atoms with Gasteiger partial charge in [-0.3, -0.25) is 37.3 Å². The maximum Gasteiger partial charge on any atom is 0.472 e. The highest BCUT2D eigenvalue weighted by Crippen LogP contribution is 2.45. The number of aliphatic hydroxyl groups excluding tert-OH is 1. The number of phosphoric acid groups is 2. The lowest BCUT2D eigenvalue weighted by Gasteiger charge is -2.21. The topological polar surface area (TPSA) is 237 Å². The average Bonchev–Trinajstić information content (AvgIpc) is 0.914. The number of rotatable bonds is 80. The molecule has 600 valence electrons. The molecule has 0 saturated carbocycles. The van der Waals surface area contributed by atoms with Crippen LogP contribution in [0.25, 0.3) is 0 Å². The van der Waals surface area contributed by atoms with E-state index < -0.39 is 97.5 Å². The van der Waals surface area contributed by atoms with Crippen LogP contribution < -0.4 is 0 Å². The third-order valence-electron chi connectivity index (χ3n) is 19.5. The highest BCUT2D eigenvalue weighted by molar-refractivity contribution is 7.47. The molecule has 0 aromatic carbocycles. The number of hydrogen-bond donors (Lipinski definition) is 3. The van der Waals surface area contributed by atoms with Crippen molar-refractivity contribution in [3.63, 3.8) is 0 Å². The summed E-state index contributed by atoms with van der Waals surface area (Å²) in [5, 5.41) is 10.7. The highest BCUT2D eigenvalue weighted by atomic mass is 31.2. The molecule has 0 heterocycles. The van der Waals surface area contributed by atoms with E-state index in [4.69, 9.17) is 37.0 Å². The Morgan fingerprint density at radius 3 is 0.752 bits per heavy atom. The average molecular weight is 1480 g/mol. The molecule has 0 saturated heterocycles. The molecule has 3 N–H and O–H groups in total. The van der Waals surface area contributed by atoms with Crippen molar-refractivity contribution in [3.05, 3.63) is 0 Å². The van der Waals surface area contributed by atoms with Crippen molar-refractivity contribution < 1.29 is 80.2 Å². The summed E-state index contributed by atoms with van der Waals surface area (Å²) < 4.78 is 68.8. The quantitative estimate of drug-likeness (QED) is 0.0222. The first-order chi connectivity index (χ1) is 48.8. The zero-order valence-electron chi connectivity index (χ0n) is 66.4. The molecule has 6 atom stereocenters. The normalized spacial score (nSPS) is 14.2. The molecule has 0 spiro atoms. The van der Waals surface area contributed by atoms with Crippen molar-refractivity contribution in [3.8, 4) is 0 Å². The van der Waals surface area contributed by atoms with Gasteiger partial charge in [0.15, 0.2) is 12.2 Å². The molecule has 0 aliphatic heterocycles. The molecule has 101 heavy (non-hydrogen) atoms. The van der Waals surface area contributed by atoms with E-state index in [-0.39, 0.29) is 25.7 Å². The summed E-state index contributed by atoms with van der Waals surface area (Å²) in [6.07, 6.45) is 60.8. The number of unbranched alkanes of at least 4 members (excludes halogenated alkanes) is 47. The van der Waals surface area contributed by atoms with Crippen LogP contribution in [-0.2, 0) is 65.4 Å². The number of carbonyl (C=O) groups excluding carboxylic acids is 4. The van der Waals surface area contributed by atoms with Gasteiger partial charge in [-0.1, -0.05) is 376 Å². The summed E-state index contributed by atoms with van der Waals surface area (Å²) in [4.78, 5) is 73.1. The summed E-state index contributed by atoms with van der Waals surface area (Å²) >= 11 is 0. The summed E-state index contributed by atoms with van der Waals surface area (Å²) in [7, 11) is -9.92. The Kier molecular flexibility index (Phi) is 70.9. The van der Waals surface area contributed by atoms with Gasteiger partial charge in [-0.15, -0.1) is 0 Å². The van der Waals surface area contributed by atoms with Crippen LogP contribution in [0.4, 0.5) is 0 Å². The van der Waals surface area contributed by atoms with Gasteiger partial charge in [0.25, 0.3) is 0 Å². The van der Waals surface area contributed by atoms with Crippen LogP contribution in [0.2, 0.25) is 0 Å². The minimum atomic E-state index is -4.96. The third kappa shape index (κ3) is 74.7. The monoisotopic (exact) mass is 1480 g/mol. The minimum absolute atomic E-state index is 0.108. The summed E-state index contributed by atoms with van der Waals surface area (Å²) in [6, 6.07) is 0. The Labute approximate surface area is 619 Å². The molecular weight excluding hydrogens is 1320 g/mol. The van der Waals surface area contributed by atoms with E-state index >= 15 is 0 Å². The molecule has 0 rings (SSSR count). The van der Waals surface area contributed by atoms with Gasteiger partial charge < -0.3 is 33.8 Å². The van der Waals surface area contributed by atoms with E-state index in [9.17, 15) is 43.2 Å². The number of phosphoric ester groups is 2. The Hall–Kier alpha value is -1.94. The second-order valence-corrected chi connectivity index (χ2v) is 33.6. The third-order valence-corrected chi connectivity index (χ3v) is 21.4. The largest absolute Gasteiger partial charge is 0.472 e. The number of hydrogen-bond acceptors (Lipinski definition) is 15. The fraction of sp³-hybridized carbons (Fsp3) is 0.951. The van der Waals surface area contributed by atoms with E-state index in [1.54, 1.807) is 0 Å². The van der Waals surface area contributed by atoms with Crippen LogP contribution in [-0.4, -0.2) is 96.7 Å². The van der Waals surface area contributed by atoms with Crippen molar-refractivity contribution in [2.75, 3.05) is 39.6 Å². The molecule has 19 heteroatoms. The highest BCUT2D eigenvalue weighted by Gasteiger charge is 2.30. The van der Waals surface area contributed by atoms with Crippen molar-refractivity contribution in [2.45, 2.75) is 446 Å². The Morgan fingerprint density at radius 1 is 0.287 bits per heavy atom. The van der Waals surface area contributed by atoms with Crippen LogP contribution in [0.15, 0.2) is 0 Å². The van der Waals surface area contributed by atoms with Gasteiger partial charge in [0, 0.05) is 25.7 Å². The lowest BCUT2D eigenvalue weighted by Crippen LogP contribution is -2.30. The van der Waals surface area contributed by atoms with E-state index in [1.165, 1.54) is 238 Å². The molecule has 0 radical (unpaired) electrons. The SMILES string of the molecule is CCCCCCCCCCCCCCCCC(=O)O[C@H](COC(=O)CCCCCCCCCCCCC(C)C)COP(=O)(O)OC[C@H](O)COP(=O)(O)OC[C@@H](COC(=O)CCCCCCCCCCCCCCCC(C)C)OC(=O)CCCCCCCCCCCCCCCCC(C)CC. The Bertz CT molecular complexity index is 1960. The maximum atomic E-state index is 13.1. The fourth-order valence-electron chi connectivity index (χ4n) is 12.6. The minimum Gasteiger partial charge on any atom is -0.462 e. The number of ether oxygens (including phenoxy) is 4. The molecule has 0 aromatic rings. The van der Waals surface area contributed by atoms with Gasteiger partial charge in [-0.05, 0) is 43.4 Å². The van der Waals surface area contributed by atoms with Gasteiger partial charge in [0.05, 0.1) is 26.4 Å².